The molecule has 27 heavy (non-hydrogen) atoms. The van der Waals surface area contributed by atoms with Gasteiger partial charge in [0.15, 0.2) is 0 Å². The van der Waals surface area contributed by atoms with Crippen molar-refractivity contribution in [3.8, 4) is 11.5 Å². The number of benzene rings is 1. The van der Waals surface area contributed by atoms with E-state index in [1.165, 1.54) is 0 Å². The van der Waals surface area contributed by atoms with Gasteiger partial charge in [0.05, 0.1) is 18.2 Å². The van der Waals surface area contributed by atoms with Gasteiger partial charge in [0.2, 0.25) is 0 Å². The Morgan fingerprint density at radius 3 is 2.48 bits per heavy atom. The van der Waals surface area contributed by atoms with Gasteiger partial charge in [-0.2, -0.15) is 0 Å². The lowest BCUT2D eigenvalue weighted by Crippen LogP contribution is -2.46. The molecule has 1 aliphatic heterocycles. The Morgan fingerprint density at radius 1 is 1.19 bits per heavy atom. The number of carbonyl (C=O) groups excluding carboxylic acids is 1. The maximum absolute atomic E-state index is 12.4. The summed E-state index contributed by atoms with van der Waals surface area (Å²) in [5.41, 5.74) is 0.960. The summed E-state index contributed by atoms with van der Waals surface area (Å²) in [6.45, 7) is 2.85. The minimum Gasteiger partial charge on any atom is -0.481 e. The molecule has 2 N–H and O–H groups in total. The molecule has 0 spiro atoms. The SMILES string of the molecule is CC(NC(=O)N1CCC(C(=O)O)CC1)c1ccc(Oc2cccnc2)cc1. The minimum absolute atomic E-state index is 0.165. The van der Waals surface area contributed by atoms with E-state index >= 15 is 0 Å². The van der Waals surface area contributed by atoms with Crippen LogP contribution in [0.5, 0.6) is 11.5 Å². The molecule has 1 atom stereocenters. The standard InChI is InChI=1S/C20H23N3O4/c1-14(22-20(26)23-11-8-16(9-12-23)19(24)25)15-4-6-17(7-5-15)27-18-3-2-10-21-13-18/h2-7,10,13-14,16H,8-9,11-12H2,1H3,(H,22,26)(H,24,25). The lowest BCUT2D eigenvalue weighted by molar-refractivity contribution is -0.143. The average Bonchev–Trinajstić information content (AvgIpc) is 2.69. The van der Waals surface area contributed by atoms with Gasteiger partial charge < -0.3 is 20.1 Å². The van der Waals surface area contributed by atoms with E-state index in [9.17, 15) is 9.59 Å². The van der Waals surface area contributed by atoms with Crippen molar-refractivity contribution in [2.75, 3.05) is 13.1 Å². The van der Waals surface area contributed by atoms with Gasteiger partial charge in [0.25, 0.3) is 0 Å². The second kappa shape index (κ2) is 8.53. The third kappa shape index (κ3) is 4.97. The summed E-state index contributed by atoms with van der Waals surface area (Å²) < 4.78 is 5.71. The Hall–Kier alpha value is -3.09. The van der Waals surface area contributed by atoms with Crippen molar-refractivity contribution in [2.24, 2.45) is 5.92 Å². The molecule has 2 aromatic rings. The molecular weight excluding hydrogens is 346 g/mol. The predicted octanol–water partition coefficient (Wildman–Crippen LogP) is 3.44. The van der Waals surface area contributed by atoms with Crippen LogP contribution in [0, 0.1) is 5.92 Å². The number of nitrogens with zero attached hydrogens (tertiary/aromatic N) is 2. The number of hydrogen-bond acceptors (Lipinski definition) is 4. The van der Waals surface area contributed by atoms with E-state index in [0.717, 1.165) is 5.56 Å². The number of carbonyl (C=O) groups is 2. The fraction of sp³-hybridized carbons (Fsp3) is 0.350. The van der Waals surface area contributed by atoms with Gasteiger partial charge in [-0.1, -0.05) is 12.1 Å². The number of hydrogen-bond donors (Lipinski definition) is 2. The molecule has 0 aliphatic carbocycles. The zero-order chi connectivity index (χ0) is 19.2. The second-order valence-electron chi connectivity index (χ2n) is 6.63. The fourth-order valence-electron chi connectivity index (χ4n) is 3.06. The molecule has 2 heterocycles. The lowest BCUT2D eigenvalue weighted by atomic mass is 9.97. The molecule has 1 unspecified atom stereocenters. The van der Waals surface area contributed by atoms with Crippen LogP contribution < -0.4 is 10.1 Å². The second-order valence-corrected chi connectivity index (χ2v) is 6.63. The Labute approximate surface area is 158 Å². The Kier molecular flexibility index (Phi) is 5.90. The van der Waals surface area contributed by atoms with Gasteiger partial charge in [-0.25, -0.2) is 4.79 Å². The average molecular weight is 369 g/mol. The van der Waals surface area contributed by atoms with Crippen molar-refractivity contribution >= 4 is 12.0 Å². The maximum Gasteiger partial charge on any atom is 0.317 e. The van der Waals surface area contributed by atoms with Crippen LogP contribution in [0.3, 0.4) is 0 Å². The van der Waals surface area contributed by atoms with E-state index in [2.05, 4.69) is 10.3 Å². The van der Waals surface area contributed by atoms with Gasteiger partial charge in [0.1, 0.15) is 11.5 Å². The van der Waals surface area contributed by atoms with E-state index in [4.69, 9.17) is 9.84 Å². The van der Waals surface area contributed by atoms with Crippen molar-refractivity contribution in [1.29, 1.82) is 0 Å². The number of nitrogens with one attached hydrogen (secondary N) is 1. The minimum atomic E-state index is -0.781. The summed E-state index contributed by atoms with van der Waals surface area (Å²) in [6.07, 6.45) is 4.32. The predicted molar refractivity (Wildman–Crippen MR) is 99.6 cm³/mol. The van der Waals surface area contributed by atoms with Crippen LogP contribution in [-0.2, 0) is 4.79 Å². The van der Waals surface area contributed by atoms with Gasteiger partial charge >= 0.3 is 12.0 Å². The molecule has 3 rings (SSSR count). The third-order valence-corrected chi connectivity index (χ3v) is 4.72. The Morgan fingerprint density at radius 2 is 1.89 bits per heavy atom. The van der Waals surface area contributed by atoms with Crippen LogP contribution in [0.4, 0.5) is 4.79 Å². The van der Waals surface area contributed by atoms with Crippen LogP contribution in [-0.4, -0.2) is 40.1 Å². The molecule has 0 bridgehead atoms. The number of aliphatic carboxylic acids is 1. The number of aromatic nitrogens is 1. The van der Waals surface area contributed by atoms with Crippen molar-refractivity contribution in [2.45, 2.75) is 25.8 Å². The summed E-state index contributed by atoms with van der Waals surface area (Å²) in [5, 5.41) is 12.0. The molecule has 1 aromatic carbocycles. The lowest BCUT2D eigenvalue weighted by Gasteiger charge is -2.31. The first kappa shape index (κ1) is 18.7. The monoisotopic (exact) mass is 369 g/mol. The first-order valence-corrected chi connectivity index (χ1v) is 8.99. The Bertz CT molecular complexity index is 772. The van der Waals surface area contributed by atoms with Crippen LogP contribution in [0.1, 0.15) is 31.4 Å². The summed E-state index contributed by atoms with van der Waals surface area (Å²) in [7, 11) is 0. The van der Waals surface area contributed by atoms with Gasteiger partial charge in [-0.15, -0.1) is 0 Å². The number of rotatable bonds is 5. The first-order chi connectivity index (χ1) is 13.0. The zero-order valence-corrected chi connectivity index (χ0v) is 15.2. The molecule has 1 saturated heterocycles. The Balaban J connectivity index is 1.52. The molecule has 7 heteroatoms. The topological polar surface area (TPSA) is 91.8 Å². The number of carboxylic acid groups (broad SMARTS) is 1. The zero-order valence-electron chi connectivity index (χ0n) is 15.2. The van der Waals surface area contributed by atoms with E-state index in [1.54, 1.807) is 23.4 Å². The van der Waals surface area contributed by atoms with Crippen molar-refractivity contribution in [3.05, 3.63) is 54.4 Å². The normalized spacial score (nSPS) is 15.8. The largest absolute Gasteiger partial charge is 0.481 e. The van der Waals surface area contributed by atoms with Crippen molar-refractivity contribution in [1.82, 2.24) is 15.2 Å². The molecule has 1 aromatic heterocycles. The smallest absolute Gasteiger partial charge is 0.317 e. The summed E-state index contributed by atoms with van der Waals surface area (Å²) in [6, 6.07) is 10.8. The third-order valence-electron chi connectivity index (χ3n) is 4.72. The van der Waals surface area contributed by atoms with Crippen molar-refractivity contribution < 1.29 is 19.4 Å². The highest BCUT2D eigenvalue weighted by Crippen LogP contribution is 2.23. The van der Waals surface area contributed by atoms with Crippen LogP contribution in [0.25, 0.3) is 0 Å². The highest BCUT2D eigenvalue weighted by molar-refractivity contribution is 5.75. The number of ether oxygens (including phenoxy) is 1. The van der Waals surface area contributed by atoms with Gasteiger partial charge in [0, 0.05) is 19.3 Å². The summed E-state index contributed by atoms with van der Waals surface area (Å²) in [4.78, 5) is 29.1. The summed E-state index contributed by atoms with van der Waals surface area (Å²) >= 11 is 0. The molecule has 0 radical (unpaired) electrons. The molecule has 2 amide bonds. The van der Waals surface area contributed by atoms with Gasteiger partial charge in [-0.05, 0) is 49.6 Å². The number of likely N-dealkylation sites (tertiary alicyclic amines) is 1. The van der Waals surface area contributed by atoms with E-state index < -0.39 is 5.97 Å². The first-order valence-electron chi connectivity index (χ1n) is 8.99. The van der Waals surface area contributed by atoms with E-state index in [-0.39, 0.29) is 18.0 Å². The number of carboxylic acids is 1. The highest BCUT2D eigenvalue weighted by atomic mass is 16.5. The number of amides is 2. The highest BCUT2D eigenvalue weighted by Gasteiger charge is 2.27. The van der Waals surface area contributed by atoms with Crippen LogP contribution in [0.15, 0.2) is 48.8 Å². The molecule has 0 saturated carbocycles. The molecule has 1 fully saturated rings. The molecule has 7 nitrogen and oxygen atoms in total. The molecule has 1 aliphatic rings. The summed E-state index contributed by atoms with van der Waals surface area (Å²) in [5.74, 6) is 0.230. The van der Waals surface area contributed by atoms with Crippen LogP contribution >= 0.6 is 0 Å². The quantitative estimate of drug-likeness (QED) is 0.842. The van der Waals surface area contributed by atoms with E-state index in [1.807, 2.05) is 37.3 Å². The molecule has 142 valence electrons. The van der Waals surface area contributed by atoms with Gasteiger partial charge in [-0.3, -0.25) is 9.78 Å². The number of urea groups is 1. The molecular formula is C20H23N3O4. The maximum atomic E-state index is 12.4. The van der Waals surface area contributed by atoms with Crippen molar-refractivity contribution in [3.63, 3.8) is 0 Å². The van der Waals surface area contributed by atoms with E-state index in [0.29, 0.717) is 37.4 Å². The fourth-order valence-corrected chi connectivity index (χ4v) is 3.06. The number of pyridine rings is 1. The number of piperidine rings is 1. The van der Waals surface area contributed by atoms with Crippen LogP contribution in [0.2, 0.25) is 0 Å².